The summed E-state index contributed by atoms with van der Waals surface area (Å²) in [7, 11) is 0. The van der Waals surface area contributed by atoms with Crippen LogP contribution in [0.15, 0.2) is 200 Å². The molecule has 9 aromatic carbocycles. The molecule has 2 nitrogen and oxygen atoms in total. The van der Waals surface area contributed by atoms with Crippen LogP contribution in [0.3, 0.4) is 0 Å². The molecule has 0 amide bonds. The molecule has 0 saturated heterocycles. The van der Waals surface area contributed by atoms with E-state index in [1.165, 1.54) is 115 Å². The maximum atomic E-state index is 2.67. The van der Waals surface area contributed by atoms with Crippen LogP contribution >= 0.6 is 11.3 Å². The molecule has 10 aromatic rings. The van der Waals surface area contributed by atoms with Gasteiger partial charge in [0.25, 0.3) is 0 Å². The van der Waals surface area contributed by atoms with Crippen molar-refractivity contribution in [3.8, 4) is 44.5 Å². The second-order valence-electron chi connectivity index (χ2n) is 20.1. The van der Waals surface area contributed by atoms with Crippen molar-refractivity contribution in [3.05, 3.63) is 211 Å². The van der Waals surface area contributed by atoms with Crippen LogP contribution in [0, 0.1) is 0 Å². The molecule has 2 aliphatic rings. The van der Waals surface area contributed by atoms with Crippen molar-refractivity contribution in [3.63, 3.8) is 0 Å². The second-order valence-corrected chi connectivity index (χ2v) is 21.2. The Balaban J connectivity index is 1.25. The second kappa shape index (κ2) is 15.2. The largest absolute Gasteiger partial charge is 0.376 e. The molecule has 0 fully saturated rings. The molecule has 0 bridgehead atoms. The molecule has 12 rings (SSSR count). The van der Waals surface area contributed by atoms with Gasteiger partial charge in [0.1, 0.15) is 0 Å². The Labute approximate surface area is 393 Å². The average molecular weight is 867 g/mol. The van der Waals surface area contributed by atoms with Gasteiger partial charge in [-0.05, 0) is 121 Å². The van der Waals surface area contributed by atoms with E-state index in [-0.39, 0.29) is 17.7 Å². The highest BCUT2D eigenvalue weighted by atomic mass is 32.1. The van der Waals surface area contributed by atoms with Crippen LogP contribution in [0.5, 0.6) is 0 Å². The lowest BCUT2D eigenvalue weighted by Crippen LogP contribution is -2.61. The molecule has 1 aromatic heterocycles. The fourth-order valence-corrected chi connectivity index (χ4v) is 11.7. The zero-order valence-electron chi connectivity index (χ0n) is 38.4. The Morgan fingerprint density at radius 3 is 1.70 bits per heavy atom. The summed E-state index contributed by atoms with van der Waals surface area (Å²) in [6, 6.07) is 75.5. The molecular formula is C62H51BN2S. The van der Waals surface area contributed by atoms with Gasteiger partial charge in [-0.3, -0.25) is 0 Å². The van der Waals surface area contributed by atoms with Crippen molar-refractivity contribution >= 4 is 77.7 Å². The molecular weight excluding hydrogens is 816 g/mol. The number of thiophene rings is 1. The van der Waals surface area contributed by atoms with Gasteiger partial charge in [-0.25, -0.2) is 0 Å². The van der Waals surface area contributed by atoms with Crippen LogP contribution in [0.4, 0.5) is 28.4 Å². The van der Waals surface area contributed by atoms with Gasteiger partial charge in [0.2, 0.25) is 0 Å². The number of hydrogen-bond acceptors (Lipinski definition) is 3. The van der Waals surface area contributed by atoms with E-state index in [4.69, 9.17) is 0 Å². The Morgan fingerprint density at radius 2 is 1.02 bits per heavy atom. The molecule has 2 aliphatic heterocycles. The molecule has 0 saturated carbocycles. The summed E-state index contributed by atoms with van der Waals surface area (Å²) in [6.07, 6.45) is 0. The molecule has 0 N–H and O–H groups in total. The SMILES string of the molecule is CC(C)(C)c1ccc(N2B3c4ccc5sc6ccccc6c5c4N(c4ccc(C(C)(C)C)cc4-c4ccccc4)c4cc(-c5ccccc5)cc(c43)-c3ccc(-c4ccccc4)cc32)cc1. The molecule has 0 spiro atoms. The molecule has 0 aliphatic carbocycles. The summed E-state index contributed by atoms with van der Waals surface area (Å²) < 4.78 is 2.59. The van der Waals surface area contributed by atoms with Gasteiger partial charge < -0.3 is 9.71 Å². The van der Waals surface area contributed by atoms with Crippen molar-refractivity contribution in [2.75, 3.05) is 9.71 Å². The van der Waals surface area contributed by atoms with Crippen LogP contribution < -0.4 is 20.6 Å². The van der Waals surface area contributed by atoms with Crippen LogP contribution in [0.25, 0.3) is 64.7 Å². The minimum Gasteiger partial charge on any atom is -0.376 e. The quantitative estimate of drug-likeness (QED) is 0.159. The maximum absolute atomic E-state index is 2.67. The van der Waals surface area contributed by atoms with Crippen molar-refractivity contribution in [2.24, 2.45) is 0 Å². The Bertz CT molecular complexity index is 3490. The van der Waals surface area contributed by atoms with Gasteiger partial charge in [-0.2, -0.15) is 0 Å². The van der Waals surface area contributed by atoms with Crippen molar-refractivity contribution in [1.82, 2.24) is 0 Å². The molecule has 4 heteroatoms. The van der Waals surface area contributed by atoms with Gasteiger partial charge in [0, 0.05) is 48.4 Å². The van der Waals surface area contributed by atoms with Crippen molar-refractivity contribution in [1.29, 1.82) is 0 Å². The predicted octanol–water partition coefficient (Wildman–Crippen LogP) is 16.4. The molecule has 3 heterocycles. The molecule has 318 valence electrons. The standard InChI is InChI=1S/C62H51BN2S/c1-61(2,3)45-27-30-47(31-28-45)65-54-37-43(40-18-10-7-11-19-40)26-32-48(54)51-36-44(41-20-12-8-13-21-41)38-55-59(51)63(65)52-33-35-57-58(49-24-16-17-25-56(49)66-57)60(52)64(55)53-34-29-46(62(4,5)6)39-50(53)42-22-14-9-15-23-42/h7-39H,1-6H3. The van der Waals surface area contributed by atoms with Crippen molar-refractivity contribution in [2.45, 2.75) is 52.4 Å². The highest BCUT2D eigenvalue weighted by Gasteiger charge is 2.46. The van der Waals surface area contributed by atoms with E-state index in [2.05, 4.69) is 251 Å². The first-order valence-electron chi connectivity index (χ1n) is 23.3. The number of hydrogen-bond donors (Lipinski definition) is 0. The first kappa shape index (κ1) is 40.4. The predicted molar refractivity (Wildman–Crippen MR) is 287 cm³/mol. The van der Waals surface area contributed by atoms with Crippen LogP contribution in [0.2, 0.25) is 0 Å². The van der Waals surface area contributed by atoms with Gasteiger partial charge >= 0.3 is 6.85 Å². The summed E-state index contributed by atoms with van der Waals surface area (Å²) in [5.41, 5.74) is 21.0. The summed E-state index contributed by atoms with van der Waals surface area (Å²) in [6.45, 7) is 13.7. The Morgan fingerprint density at radius 1 is 0.409 bits per heavy atom. The molecule has 0 radical (unpaired) electrons. The third-order valence-electron chi connectivity index (χ3n) is 14.0. The lowest BCUT2D eigenvalue weighted by Gasteiger charge is -2.46. The number of fused-ring (bicyclic) bond motifs is 8. The highest BCUT2D eigenvalue weighted by Crippen LogP contribution is 2.53. The van der Waals surface area contributed by atoms with Crippen LogP contribution in [-0.4, -0.2) is 6.85 Å². The summed E-state index contributed by atoms with van der Waals surface area (Å²) >= 11 is 1.89. The van der Waals surface area contributed by atoms with E-state index in [9.17, 15) is 0 Å². The van der Waals surface area contributed by atoms with E-state index in [1.54, 1.807) is 0 Å². The van der Waals surface area contributed by atoms with E-state index >= 15 is 0 Å². The number of nitrogens with zero attached hydrogens (tertiary/aromatic N) is 2. The van der Waals surface area contributed by atoms with Crippen molar-refractivity contribution < 1.29 is 0 Å². The third kappa shape index (κ3) is 6.53. The number of anilines is 5. The molecule has 66 heavy (non-hydrogen) atoms. The Hall–Kier alpha value is -7.14. The van der Waals surface area contributed by atoms with E-state index in [0.717, 1.165) is 0 Å². The maximum Gasteiger partial charge on any atom is 0.333 e. The first-order chi connectivity index (χ1) is 32.0. The fraction of sp³-hybridized carbons (Fsp3) is 0.129. The number of benzene rings is 9. The average Bonchev–Trinajstić information content (AvgIpc) is 3.73. The highest BCUT2D eigenvalue weighted by molar-refractivity contribution is 7.26. The fourth-order valence-electron chi connectivity index (χ4n) is 10.6. The van der Waals surface area contributed by atoms with Gasteiger partial charge in [-0.1, -0.05) is 187 Å². The smallest absolute Gasteiger partial charge is 0.333 e. The van der Waals surface area contributed by atoms with Gasteiger partial charge in [0.15, 0.2) is 0 Å². The topological polar surface area (TPSA) is 6.48 Å². The monoisotopic (exact) mass is 866 g/mol. The lowest BCUT2D eigenvalue weighted by atomic mass is 9.43. The summed E-state index contributed by atoms with van der Waals surface area (Å²) in [5, 5.41) is 2.59. The normalized spacial score (nSPS) is 13.2. The van der Waals surface area contributed by atoms with E-state index in [1.807, 2.05) is 11.3 Å². The zero-order chi connectivity index (χ0) is 44.9. The van der Waals surface area contributed by atoms with Crippen LogP contribution in [-0.2, 0) is 10.8 Å². The lowest BCUT2D eigenvalue weighted by molar-refractivity contribution is 0.590. The first-order valence-corrected chi connectivity index (χ1v) is 24.1. The zero-order valence-corrected chi connectivity index (χ0v) is 39.2. The van der Waals surface area contributed by atoms with Crippen LogP contribution in [0.1, 0.15) is 52.7 Å². The molecule has 0 atom stereocenters. The number of rotatable bonds is 5. The molecule has 0 unspecified atom stereocenters. The van der Waals surface area contributed by atoms with Gasteiger partial charge in [0.05, 0.1) is 11.4 Å². The minimum atomic E-state index is -0.137. The Kier molecular flexibility index (Phi) is 9.31. The third-order valence-corrected chi connectivity index (χ3v) is 15.1. The van der Waals surface area contributed by atoms with E-state index in [0.29, 0.717) is 0 Å². The van der Waals surface area contributed by atoms with E-state index < -0.39 is 0 Å². The summed E-state index contributed by atoms with van der Waals surface area (Å²) in [5.74, 6) is 0. The minimum absolute atomic E-state index is 0.0228. The van der Waals surface area contributed by atoms with Gasteiger partial charge in [-0.15, -0.1) is 11.3 Å². The summed E-state index contributed by atoms with van der Waals surface area (Å²) in [4.78, 5) is 5.33.